The van der Waals surface area contributed by atoms with Crippen LogP contribution < -0.4 is 14.2 Å². The van der Waals surface area contributed by atoms with Gasteiger partial charge in [-0.3, -0.25) is 0 Å². The smallest absolute Gasteiger partial charge is 0.120 e. The van der Waals surface area contributed by atoms with E-state index in [1.165, 1.54) is 22.2 Å². The molecule has 0 spiro atoms. The Morgan fingerprint density at radius 1 is 0.581 bits per heavy atom. The van der Waals surface area contributed by atoms with Crippen LogP contribution in [-0.2, 0) is 19.8 Å². The molecule has 6 rings (SSSR count). The monoisotopic (exact) mass is 587 g/mol. The van der Waals surface area contributed by atoms with Gasteiger partial charge in [0, 0.05) is 17.4 Å². The molecule has 0 saturated carbocycles. The first-order valence-electron chi connectivity index (χ1n) is 14.5. The lowest BCUT2D eigenvalue weighted by Crippen LogP contribution is -2.03. The van der Waals surface area contributed by atoms with Crippen LogP contribution in [0.2, 0.25) is 0 Å². The summed E-state index contributed by atoms with van der Waals surface area (Å²) in [6.07, 6.45) is 0. The molecule has 0 aliphatic heterocycles. The zero-order valence-electron chi connectivity index (χ0n) is 24.2. The maximum atomic E-state index is 6.20. The highest BCUT2D eigenvalue weighted by molar-refractivity contribution is 6.18. The lowest BCUT2D eigenvalue weighted by molar-refractivity contribution is 0.306. The Bertz CT molecular complexity index is 1760. The van der Waals surface area contributed by atoms with E-state index in [1.54, 1.807) is 0 Å². The van der Waals surface area contributed by atoms with Crippen LogP contribution in [-0.4, -0.2) is 17.1 Å². The number of hydrogen-bond acceptors (Lipinski definition) is 3. The van der Waals surface area contributed by atoms with Gasteiger partial charge in [-0.05, 0) is 89.3 Å². The predicted octanol–water partition coefficient (Wildman–Crippen LogP) is 9.44. The third kappa shape index (κ3) is 6.87. The van der Waals surface area contributed by atoms with Gasteiger partial charge in [-0.15, -0.1) is 11.6 Å². The zero-order chi connectivity index (χ0) is 29.4. The van der Waals surface area contributed by atoms with E-state index in [0.717, 1.165) is 39.5 Å². The fourth-order valence-electron chi connectivity index (χ4n) is 5.35. The topological polar surface area (TPSA) is 32.6 Å². The second-order valence-corrected chi connectivity index (χ2v) is 10.9. The number of nitrogens with zero attached hydrogens (tertiary/aromatic N) is 1. The van der Waals surface area contributed by atoms with E-state index in [2.05, 4.69) is 90.4 Å². The largest absolute Gasteiger partial charge is 0.492 e. The maximum absolute atomic E-state index is 6.20. The third-order valence-electron chi connectivity index (χ3n) is 7.52. The molecule has 43 heavy (non-hydrogen) atoms. The Balaban J connectivity index is 1.31. The number of fused-ring (bicyclic) bond motifs is 1. The second kappa shape index (κ2) is 13.5. The minimum Gasteiger partial charge on any atom is -0.492 e. The van der Waals surface area contributed by atoms with Crippen LogP contribution in [0, 0.1) is 6.92 Å². The normalized spacial score (nSPS) is 11.0. The van der Waals surface area contributed by atoms with Crippen molar-refractivity contribution in [1.29, 1.82) is 0 Å². The average Bonchev–Trinajstić information content (AvgIpc) is 3.33. The summed E-state index contributed by atoms with van der Waals surface area (Å²) >= 11 is 5.80. The molecule has 6 aromatic rings. The number of aryl methyl sites for hydroxylation is 1. The van der Waals surface area contributed by atoms with Crippen molar-refractivity contribution < 1.29 is 14.2 Å². The number of hydrogen-bond donors (Lipinski definition) is 0. The SMILES string of the molecule is Cc1c(-c2ccc(OCc3ccccc3)cc2)n(Cc2ccc(OCCCl)cc2)c2ccc(OCc3ccccc3)cc12. The van der Waals surface area contributed by atoms with E-state index in [9.17, 15) is 0 Å². The summed E-state index contributed by atoms with van der Waals surface area (Å²) in [5, 5.41) is 1.17. The van der Waals surface area contributed by atoms with Crippen molar-refractivity contribution in [3.63, 3.8) is 0 Å². The molecule has 0 atom stereocenters. The lowest BCUT2D eigenvalue weighted by atomic mass is 10.1. The molecule has 5 heteroatoms. The van der Waals surface area contributed by atoms with Crippen molar-refractivity contribution in [2.24, 2.45) is 0 Å². The molecule has 1 heterocycles. The molecule has 1 aromatic heterocycles. The van der Waals surface area contributed by atoms with E-state index in [1.807, 2.05) is 48.5 Å². The van der Waals surface area contributed by atoms with E-state index in [-0.39, 0.29) is 0 Å². The Morgan fingerprint density at radius 3 is 1.77 bits per heavy atom. The molecule has 0 unspecified atom stereocenters. The van der Waals surface area contributed by atoms with Gasteiger partial charge in [-0.25, -0.2) is 0 Å². The molecule has 0 amide bonds. The molecule has 0 saturated heterocycles. The molecule has 0 bridgehead atoms. The van der Waals surface area contributed by atoms with Crippen molar-refractivity contribution in [2.75, 3.05) is 12.5 Å². The van der Waals surface area contributed by atoms with Gasteiger partial charge in [0.2, 0.25) is 0 Å². The molecular formula is C38H34ClNO3. The third-order valence-corrected chi connectivity index (χ3v) is 7.68. The van der Waals surface area contributed by atoms with Crippen molar-refractivity contribution in [1.82, 2.24) is 4.57 Å². The van der Waals surface area contributed by atoms with E-state index >= 15 is 0 Å². The van der Waals surface area contributed by atoms with Crippen LogP contribution in [0.4, 0.5) is 0 Å². The van der Waals surface area contributed by atoms with Gasteiger partial charge in [-0.1, -0.05) is 72.8 Å². The Morgan fingerprint density at radius 2 is 1.14 bits per heavy atom. The van der Waals surface area contributed by atoms with Gasteiger partial charge in [0.25, 0.3) is 0 Å². The maximum Gasteiger partial charge on any atom is 0.120 e. The second-order valence-electron chi connectivity index (χ2n) is 10.5. The fourth-order valence-corrected chi connectivity index (χ4v) is 5.43. The summed E-state index contributed by atoms with van der Waals surface area (Å²) in [4.78, 5) is 0. The van der Waals surface area contributed by atoms with E-state index in [0.29, 0.717) is 32.2 Å². The fraction of sp³-hybridized carbons (Fsp3) is 0.158. The number of ether oxygens (including phenoxy) is 3. The van der Waals surface area contributed by atoms with Crippen LogP contribution in [0.15, 0.2) is 127 Å². The van der Waals surface area contributed by atoms with Crippen molar-refractivity contribution in [2.45, 2.75) is 26.7 Å². The van der Waals surface area contributed by atoms with Gasteiger partial charge < -0.3 is 18.8 Å². The quantitative estimate of drug-likeness (QED) is 0.134. The zero-order valence-corrected chi connectivity index (χ0v) is 25.0. The van der Waals surface area contributed by atoms with Gasteiger partial charge in [0.05, 0.1) is 11.6 Å². The Kier molecular flexibility index (Phi) is 8.96. The van der Waals surface area contributed by atoms with Gasteiger partial charge in [-0.2, -0.15) is 0 Å². The molecule has 0 radical (unpaired) electrons. The molecule has 0 aliphatic carbocycles. The molecule has 0 aliphatic rings. The first kappa shape index (κ1) is 28.4. The summed E-state index contributed by atoms with van der Waals surface area (Å²) in [6.45, 7) is 4.47. The highest BCUT2D eigenvalue weighted by atomic mass is 35.5. The highest BCUT2D eigenvalue weighted by Crippen LogP contribution is 2.37. The minimum atomic E-state index is 0.465. The average molecular weight is 588 g/mol. The van der Waals surface area contributed by atoms with Crippen molar-refractivity contribution in [3.05, 3.63) is 150 Å². The van der Waals surface area contributed by atoms with Gasteiger partial charge in [0.1, 0.15) is 37.1 Å². The molecular weight excluding hydrogens is 554 g/mol. The summed E-state index contributed by atoms with van der Waals surface area (Å²) in [6, 6.07) is 43.5. The number of halogens is 1. The summed E-state index contributed by atoms with van der Waals surface area (Å²) in [5.74, 6) is 2.99. The number of aromatic nitrogens is 1. The molecule has 4 nitrogen and oxygen atoms in total. The first-order valence-corrected chi connectivity index (χ1v) is 15.1. The van der Waals surface area contributed by atoms with Gasteiger partial charge >= 0.3 is 0 Å². The van der Waals surface area contributed by atoms with Crippen molar-refractivity contribution in [3.8, 4) is 28.5 Å². The first-order chi connectivity index (χ1) is 21.2. The van der Waals surface area contributed by atoms with Crippen LogP contribution in [0.1, 0.15) is 22.3 Å². The van der Waals surface area contributed by atoms with E-state index in [4.69, 9.17) is 25.8 Å². The predicted molar refractivity (Wildman–Crippen MR) is 175 cm³/mol. The number of benzene rings is 5. The number of alkyl halides is 1. The van der Waals surface area contributed by atoms with Crippen LogP contribution in [0.25, 0.3) is 22.2 Å². The minimum absolute atomic E-state index is 0.465. The van der Waals surface area contributed by atoms with Crippen LogP contribution >= 0.6 is 11.6 Å². The molecule has 216 valence electrons. The number of rotatable bonds is 12. The molecule has 0 fully saturated rings. The summed E-state index contributed by atoms with van der Waals surface area (Å²) in [5.41, 5.74) is 8.15. The Hall–Kier alpha value is -4.67. The lowest BCUT2D eigenvalue weighted by Gasteiger charge is -2.14. The molecule has 0 N–H and O–H groups in total. The summed E-state index contributed by atoms with van der Waals surface area (Å²) < 4.78 is 20.4. The van der Waals surface area contributed by atoms with Crippen molar-refractivity contribution >= 4 is 22.5 Å². The van der Waals surface area contributed by atoms with Crippen LogP contribution in [0.5, 0.6) is 17.2 Å². The van der Waals surface area contributed by atoms with Gasteiger partial charge in [0.15, 0.2) is 0 Å². The van der Waals surface area contributed by atoms with Crippen LogP contribution in [0.3, 0.4) is 0 Å². The standard InChI is InChI=1S/C38H34ClNO3/c1-28-36-24-35(43-27-31-10-6-3-7-11-31)20-21-37(36)40(25-29-12-16-33(17-13-29)41-23-22-39)38(28)32-14-18-34(19-15-32)42-26-30-8-4-2-5-9-30/h2-21,24H,22-23,25-27H2,1H3. The Labute approximate surface area is 258 Å². The molecule has 5 aromatic carbocycles. The highest BCUT2D eigenvalue weighted by Gasteiger charge is 2.17. The summed E-state index contributed by atoms with van der Waals surface area (Å²) in [7, 11) is 0. The van der Waals surface area contributed by atoms with E-state index < -0.39 is 0 Å².